The molecule has 1 heterocycles. The number of likely N-dealkylation sites (tertiary alicyclic amines) is 1. The molecule has 0 saturated carbocycles. The van der Waals surface area contributed by atoms with Gasteiger partial charge >= 0.3 is 5.97 Å². The highest BCUT2D eigenvalue weighted by molar-refractivity contribution is 5.97. The van der Waals surface area contributed by atoms with Crippen LogP contribution in [0.1, 0.15) is 34.3 Å². The first kappa shape index (κ1) is 22.9. The molecule has 0 bridgehead atoms. The maximum atomic E-state index is 14.0. The van der Waals surface area contributed by atoms with Gasteiger partial charge in [0.15, 0.2) is 0 Å². The van der Waals surface area contributed by atoms with Crippen LogP contribution in [-0.2, 0) is 15.1 Å². The molecule has 33 heavy (non-hydrogen) atoms. The van der Waals surface area contributed by atoms with E-state index in [9.17, 15) is 14.7 Å². The van der Waals surface area contributed by atoms with Crippen LogP contribution >= 0.6 is 0 Å². The molecule has 5 nitrogen and oxygen atoms in total. The second-order valence-electron chi connectivity index (χ2n) is 8.96. The van der Waals surface area contributed by atoms with Gasteiger partial charge in [0, 0.05) is 24.0 Å². The molecule has 0 aromatic heterocycles. The van der Waals surface area contributed by atoms with Crippen molar-refractivity contribution in [2.24, 2.45) is 0 Å². The molecule has 0 spiro atoms. The second-order valence-corrected chi connectivity index (χ2v) is 8.96. The van der Waals surface area contributed by atoms with Crippen molar-refractivity contribution < 1.29 is 23.9 Å². The lowest BCUT2D eigenvalue weighted by Crippen LogP contribution is -2.55. The van der Waals surface area contributed by atoms with E-state index in [4.69, 9.17) is 4.74 Å². The highest BCUT2D eigenvalue weighted by Crippen LogP contribution is 2.30. The van der Waals surface area contributed by atoms with E-state index < -0.39 is 11.6 Å². The summed E-state index contributed by atoms with van der Waals surface area (Å²) in [5, 5.41) is 14.0. The Kier molecular flexibility index (Phi) is 6.72. The van der Waals surface area contributed by atoms with Crippen LogP contribution in [0.4, 0.5) is 0 Å². The number of carbonyl (C=O) groups excluding carboxylic acids is 2. The summed E-state index contributed by atoms with van der Waals surface area (Å²) in [5.74, 6) is -0.740. The molecule has 1 aliphatic rings. The average Bonchev–Trinajstić information content (AvgIpc) is 3.23. The Hall–Kier alpha value is -3.28. The fraction of sp³-hybridized carbons (Fsp3) is 0.286. The number of quaternary nitrogens is 1. The molecule has 0 amide bonds. The summed E-state index contributed by atoms with van der Waals surface area (Å²) in [6, 6.07) is 26.5. The predicted octanol–water partition coefficient (Wildman–Crippen LogP) is 3.33. The number of ketones is 1. The molecule has 3 aromatic carbocycles. The normalized spacial score (nSPS) is 20.4. The highest BCUT2D eigenvalue weighted by atomic mass is 16.6. The number of nitrogens with zero attached hydrogens (tertiary/aromatic N) is 1. The number of carbonyl (C=O) groups is 2. The number of hydrogen-bond acceptors (Lipinski definition) is 4. The summed E-state index contributed by atoms with van der Waals surface area (Å²) in [6.07, 6.45) is 1.79. The number of rotatable bonds is 8. The first-order chi connectivity index (χ1) is 15.9. The van der Waals surface area contributed by atoms with E-state index in [2.05, 4.69) is 0 Å². The zero-order chi connectivity index (χ0) is 23.3. The minimum atomic E-state index is -2.15. The average molecular weight is 444 g/mol. The molecule has 0 aliphatic carbocycles. The van der Waals surface area contributed by atoms with Gasteiger partial charge in [0.1, 0.15) is 19.2 Å². The van der Waals surface area contributed by atoms with Crippen molar-refractivity contribution in [1.82, 2.24) is 0 Å². The molecule has 3 aromatic rings. The molecule has 5 heteroatoms. The monoisotopic (exact) mass is 443 g/mol. The van der Waals surface area contributed by atoms with Gasteiger partial charge in [-0.3, -0.25) is 9.59 Å². The Morgan fingerprint density at radius 2 is 1.42 bits per heavy atom. The lowest BCUT2D eigenvalue weighted by Gasteiger charge is -2.40. The van der Waals surface area contributed by atoms with Crippen LogP contribution in [0.5, 0.6) is 0 Å². The van der Waals surface area contributed by atoms with Gasteiger partial charge in [0.2, 0.25) is 5.78 Å². The Morgan fingerprint density at radius 3 is 1.97 bits per heavy atom. The number of likely N-dealkylation sites (N-methyl/N-ethyl adjacent to an activating group) is 1. The molecule has 0 N–H and O–H groups in total. The first-order valence-electron chi connectivity index (χ1n) is 11.3. The topological polar surface area (TPSA) is 66.4 Å². The van der Waals surface area contributed by atoms with E-state index in [-0.39, 0.29) is 18.4 Å². The van der Waals surface area contributed by atoms with Crippen LogP contribution in [0.15, 0.2) is 91.0 Å². The zero-order valence-electron chi connectivity index (χ0n) is 18.9. The number of benzene rings is 3. The largest absolute Gasteiger partial charge is 0.834 e. The summed E-state index contributed by atoms with van der Waals surface area (Å²) >= 11 is 0. The van der Waals surface area contributed by atoms with Gasteiger partial charge in [-0.05, 0) is 11.1 Å². The van der Waals surface area contributed by atoms with E-state index in [1.54, 1.807) is 48.5 Å². The van der Waals surface area contributed by atoms with Crippen molar-refractivity contribution in [3.63, 3.8) is 0 Å². The maximum absolute atomic E-state index is 14.0. The molecule has 4 rings (SSSR count). The van der Waals surface area contributed by atoms with Crippen LogP contribution in [0.3, 0.4) is 0 Å². The van der Waals surface area contributed by atoms with Gasteiger partial charge in [0.05, 0.1) is 13.6 Å². The predicted molar refractivity (Wildman–Crippen MR) is 124 cm³/mol. The van der Waals surface area contributed by atoms with Gasteiger partial charge in [-0.25, -0.2) is 0 Å². The standard InChI is InChI=1S/C28H29NO4/c1-29(20-26(30)22-12-5-2-6-13-22)19-11-18-25(29)21-33-27(31)28(32,23-14-7-3-8-15-23)24-16-9-4-10-17-24/h2-10,12-17,25H,11,18-21H2,1H3/t25-,29?/m1/s1. The smallest absolute Gasteiger partial charge is 0.304 e. The van der Waals surface area contributed by atoms with Crippen LogP contribution in [0, 0.1) is 0 Å². The Morgan fingerprint density at radius 1 is 0.909 bits per heavy atom. The molecular weight excluding hydrogens is 414 g/mol. The van der Waals surface area contributed by atoms with Crippen molar-refractivity contribution in [2.75, 3.05) is 26.7 Å². The third kappa shape index (κ3) is 4.75. The SMILES string of the molecule is C[N+]1(CC(=O)c2ccccc2)CCC[C@@H]1COC(=O)C([O-])(c1ccccc1)c1ccccc1. The van der Waals surface area contributed by atoms with E-state index in [0.29, 0.717) is 27.7 Å². The van der Waals surface area contributed by atoms with Crippen LogP contribution in [-0.4, -0.2) is 49.0 Å². The number of hydrogen-bond donors (Lipinski definition) is 0. The molecule has 170 valence electrons. The summed E-state index contributed by atoms with van der Waals surface area (Å²) in [7, 11) is 2.03. The molecule has 2 atom stereocenters. The van der Waals surface area contributed by atoms with Crippen molar-refractivity contribution in [2.45, 2.75) is 24.5 Å². The van der Waals surface area contributed by atoms with Gasteiger partial charge < -0.3 is 14.3 Å². The lowest BCUT2D eigenvalue weighted by molar-refractivity contribution is -0.913. The van der Waals surface area contributed by atoms with Crippen LogP contribution < -0.4 is 5.11 Å². The molecule has 1 aliphatic heterocycles. The first-order valence-corrected chi connectivity index (χ1v) is 11.3. The van der Waals surface area contributed by atoms with Crippen molar-refractivity contribution >= 4 is 11.8 Å². The summed E-state index contributed by atoms with van der Waals surface area (Å²) in [4.78, 5) is 26.1. The summed E-state index contributed by atoms with van der Waals surface area (Å²) in [5.41, 5.74) is -0.760. The Labute approximate surface area is 194 Å². The minimum absolute atomic E-state index is 0.0302. The van der Waals surface area contributed by atoms with Crippen molar-refractivity contribution in [1.29, 1.82) is 0 Å². The van der Waals surface area contributed by atoms with Gasteiger partial charge in [-0.1, -0.05) is 91.0 Å². The van der Waals surface area contributed by atoms with E-state index >= 15 is 0 Å². The summed E-state index contributed by atoms with van der Waals surface area (Å²) in [6.45, 7) is 1.29. The van der Waals surface area contributed by atoms with E-state index in [1.165, 1.54) is 0 Å². The van der Waals surface area contributed by atoms with E-state index in [1.807, 2.05) is 49.5 Å². The quantitative estimate of drug-likeness (QED) is 0.304. The van der Waals surface area contributed by atoms with Crippen LogP contribution in [0.25, 0.3) is 0 Å². The van der Waals surface area contributed by atoms with E-state index in [0.717, 1.165) is 19.4 Å². The molecule has 1 fully saturated rings. The van der Waals surface area contributed by atoms with Crippen molar-refractivity contribution in [3.8, 4) is 0 Å². The maximum Gasteiger partial charge on any atom is 0.304 e. The molecule has 0 radical (unpaired) electrons. The molecule has 1 saturated heterocycles. The Balaban J connectivity index is 1.51. The fourth-order valence-electron chi connectivity index (χ4n) is 4.72. The number of ether oxygens (including phenoxy) is 1. The molecule has 1 unspecified atom stereocenters. The second kappa shape index (κ2) is 9.69. The molecular formula is C28H29NO4. The number of Topliss-reactive ketones (excluding diaryl/α,β-unsaturated/α-hetero) is 1. The lowest BCUT2D eigenvalue weighted by atomic mass is 9.86. The Bertz CT molecular complexity index is 1050. The minimum Gasteiger partial charge on any atom is -0.834 e. The number of esters is 1. The van der Waals surface area contributed by atoms with Crippen LogP contribution in [0.2, 0.25) is 0 Å². The van der Waals surface area contributed by atoms with Gasteiger partial charge in [-0.15, -0.1) is 0 Å². The fourth-order valence-corrected chi connectivity index (χ4v) is 4.72. The highest BCUT2D eigenvalue weighted by Gasteiger charge is 2.41. The van der Waals surface area contributed by atoms with Crippen molar-refractivity contribution in [3.05, 3.63) is 108 Å². The van der Waals surface area contributed by atoms with Gasteiger partial charge in [0.25, 0.3) is 0 Å². The van der Waals surface area contributed by atoms with Gasteiger partial charge in [-0.2, -0.15) is 0 Å². The third-order valence-electron chi connectivity index (χ3n) is 6.74. The summed E-state index contributed by atoms with van der Waals surface area (Å²) < 4.78 is 6.21. The third-order valence-corrected chi connectivity index (χ3v) is 6.74. The zero-order valence-corrected chi connectivity index (χ0v) is 18.9.